The zero-order valence-electron chi connectivity index (χ0n) is 9.56. The van der Waals surface area contributed by atoms with Crippen LogP contribution in [0.5, 0.6) is 0 Å². The molecule has 94 valence electrons. The molecule has 1 amide bonds. The summed E-state index contributed by atoms with van der Waals surface area (Å²) in [7, 11) is 0. The van der Waals surface area contributed by atoms with Crippen molar-refractivity contribution in [3.05, 3.63) is 22.8 Å². The number of aromatic nitrogens is 3. The lowest BCUT2D eigenvalue weighted by atomic mass is 10.1. The number of anilines is 1. The van der Waals surface area contributed by atoms with Crippen LogP contribution in [0.25, 0.3) is 5.65 Å². The maximum absolute atomic E-state index is 11.6. The van der Waals surface area contributed by atoms with Crippen molar-refractivity contribution < 1.29 is 4.79 Å². The van der Waals surface area contributed by atoms with Crippen molar-refractivity contribution in [2.75, 3.05) is 11.9 Å². The number of carbonyl (C=O) groups is 1. The first-order valence-electron chi connectivity index (χ1n) is 5.79. The lowest BCUT2D eigenvalue weighted by Gasteiger charge is -2.21. The Balaban J connectivity index is 1.86. The molecule has 18 heavy (non-hydrogen) atoms. The van der Waals surface area contributed by atoms with Gasteiger partial charge in [-0.1, -0.05) is 0 Å². The van der Waals surface area contributed by atoms with E-state index in [2.05, 4.69) is 36.6 Å². The number of amides is 1. The molecule has 0 aromatic carbocycles. The second kappa shape index (κ2) is 4.56. The Kier molecular flexibility index (Phi) is 2.91. The van der Waals surface area contributed by atoms with Crippen LogP contribution in [-0.2, 0) is 4.79 Å². The van der Waals surface area contributed by atoms with E-state index in [1.54, 1.807) is 4.52 Å². The molecule has 2 N–H and O–H groups in total. The van der Waals surface area contributed by atoms with Crippen LogP contribution in [0.1, 0.15) is 12.8 Å². The summed E-state index contributed by atoms with van der Waals surface area (Å²) in [6, 6.07) is 3.54. The second-order valence-corrected chi connectivity index (χ2v) is 5.04. The smallest absolute Gasteiger partial charge is 0.243 e. The number of hydrogen-bond donors (Lipinski definition) is 2. The number of nitrogens with zero attached hydrogens (tertiary/aromatic N) is 3. The minimum Gasteiger partial charge on any atom is -0.354 e. The first-order valence-corrected chi connectivity index (χ1v) is 6.58. The monoisotopic (exact) mass is 309 g/mol. The summed E-state index contributed by atoms with van der Waals surface area (Å²) >= 11 is 3.42. The summed E-state index contributed by atoms with van der Waals surface area (Å²) in [6.45, 7) is 0.751. The van der Waals surface area contributed by atoms with E-state index < -0.39 is 0 Å². The van der Waals surface area contributed by atoms with Crippen LogP contribution in [0.15, 0.2) is 22.8 Å². The lowest BCUT2D eigenvalue weighted by molar-refractivity contribution is -0.123. The Morgan fingerprint density at radius 2 is 2.44 bits per heavy atom. The van der Waals surface area contributed by atoms with Gasteiger partial charge in [0, 0.05) is 12.7 Å². The molecule has 1 saturated heterocycles. The van der Waals surface area contributed by atoms with E-state index in [0.29, 0.717) is 5.95 Å². The average molecular weight is 310 g/mol. The first kappa shape index (κ1) is 11.5. The van der Waals surface area contributed by atoms with Crippen LogP contribution in [0, 0.1) is 0 Å². The Hall–Kier alpha value is -1.63. The molecule has 7 heteroatoms. The van der Waals surface area contributed by atoms with Gasteiger partial charge in [0.15, 0.2) is 5.65 Å². The van der Waals surface area contributed by atoms with Crippen molar-refractivity contribution in [1.29, 1.82) is 0 Å². The van der Waals surface area contributed by atoms with E-state index in [1.165, 1.54) is 0 Å². The van der Waals surface area contributed by atoms with E-state index in [4.69, 9.17) is 0 Å². The molecule has 3 heterocycles. The minimum atomic E-state index is -0.241. The molecule has 0 radical (unpaired) electrons. The van der Waals surface area contributed by atoms with Crippen LogP contribution in [0.3, 0.4) is 0 Å². The number of fused-ring (bicyclic) bond motifs is 1. The van der Waals surface area contributed by atoms with Crippen molar-refractivity contribution in [2.24, 2.45) is 0 Å². The van der Waals surface area contributed by atoms with Crippen LogP contribution < -0.4 is 10.6 Å². The van der Waals surface area contributed by atoms with Crippen LogP contribution >= 0.6 is 15.9 Å². The van der Waals surface area contributed by atoms with Crippen LogP contribution in [0.4, 0.5) is 5.95 Å². The summed E-state index contributed by atoms with van der Waals surface area (Å²) in [5.41, 5.74) is 0.733. The van der Waals surface area contributed by atoms with Gasteiger partial charge in [0.1, 0.15) is 6.04 Å². The molecule has 2 aromatic rings. The SMILES string of the molecule is O=C1NCCCC1Nc1nc2c(Br)cccn2n1. The molecule has 3 rings (SSSR count). The second-order valence-electron chi connectivity index (χ2n) is 4.19. The molecule has 1 aliphatic heterocycles. The molecular formula is C11H12BrN5O. The Labute approximate surface area is 112 Å². The highest BCUT2D eigenvalue weighted by molar-refractivity contribution is 9.10. The fourth-order valence-electron chi connectivity index (χ4n) is 2.00. The molecule has 1 unspecified atom stereocenters. The van der Waals surface area contributed by atoms with Crippen molar-refractivity contribution in [1.82, 2.24) is 19.9 Å². The van der Waals surface area contributed by atoms with Crippen LogP contribution in [-0.4, -0.2) is 33.1 Å². The molecule has 0 bridgehead atoms. The molecule has 1 atom stereocenters. The van der Waals surface area contributed by atoms with E-state index >= 15 is 0 Å². The maximum atomic E-state index is 11.6. The molecule has 1 fully saturated rings. The Morgan fingerprint density at radius 3 is 3.22 bits per heavy atom. The summed E-state index contributed by atoms with van der Waals surface area (Å²) < 4.78 is 2.55. The Bertz CT molecular complexity index is 596. The predicted octanol–water partition coefficient (Wildman–Crippen LogP) is 1.18. The molecule has 6 nitrogen and oxygen atoms in total. The quantitative estimate of drug-likeness (QED) is 0.874. The van der Waals surface area contributed by atoms with Gasteiger partial charge < -0.3 is 10.6 Å². The maximum Gasteiger partial charge on any atom is 0.243 e. The fourth-order valence-corrected chi connectivity index (χ4v) is 2.42. The largest absolute Gasteiger partial charge is 0.354 e. The number of nitrogens with one attached hydrogen (secondary N) is 2. The molecule has 2 aromatic heterocycles. The molecule has 0 aliphatic carbocycles. The van der Waals surface area contributed by atoms with Gasteiger partial charge in [0.2, 0.25) is 11.9 Å². The van der Waals surface area contributed by atoms with Crippen molar-refractivity contribution >= 4 is 33.4 Å². The van der Waals surface area contributed by atoms with Gasteiger partial charge >= 0.3 is 0 Å². The highest BCUT2D eigenvalue weighted by Crippen LogP contribution is 2.18. The van der Waals surface area contributed by atoms with Crippen molar-refractivity contribution in [3.63, 3.8) is 0 Å². The third-order valence-electron chi connectivity index (χ3n) is 2.90. The van der Waals surface area contributed by atoms with Gasteiger partial charge in [0.25, 0.3) is 0 Å². The van der Waals surface area contributed by atoms with E-state index in [9.17, 15) is 4.79 Å². The summed E-state index contributed by atoms with van der Waals surface area (Å²) in [4.78, 5) is 16.0. The molecule has 0 saturated carbocycles. The number of hydrogen-bond acceptors (Lipinski definition) is 4. The summed E-state index contributed by atoms with van der Waals surface area (Å²) in [5.74, 6) is 0.489. The minimum absolute atomic E-state index is 0.0131. The zero-order valence-corrected chi connectivity index (χ0v) is 11.1. The lowest BCUT2D eigenvalue weighted by Crippen LogP contribution is -2.44. The third kappa shape index (κ3) is 2.05. The summed E-state index contributed by atoms with van der Waals surface area (Å²) in [6.07, 6.45) is 3.60. The van der Waals surface area contributed by atoms with E-state index in [-0.39, 0.29) is 11.9 Å². The van der Waals surface area contributed by atoms with Gasteiger partial charge in [-0.3, -0.25) is 4.79 Å². The number of piperidine rings is 1. The number of rotatable bonds is 2. The highest BCUT2D eigenvalue weighted by atomic mass is 79.9. The zero-order chi connectivity index (χ0) is 12.5. The first-order chi connectivity index (χ1) is 8.74. The standard InChI is InChI=1S/C11H12BrN5O/c12-7-3-2-6-17-9(7)15-11(16-17)14-8-4-1-5-13-10(8)18/h2-3,6,8H,1,4-5H2,(H,13,18)(H,14,16). The average Bonchev–Trinajstić information content (AvgIpc) is 2.76. The third-order valence-corrected chi connectivity index (χ3v) is 3.52. The molecule has 1 aliphatic rings. The molecular weight excluding hydrogens is 298 g/mol. The van der Waals surface area contributed by atoms with Gasteiger partial charge in [-0.25, -0.2) is 4.52 Å². The molecule has 0 spiro atoms. The fraction of sp³-hybridized carbons (Fsp3) is 0.364. The van der Waals surface area contributed by atoms with Gasteiger partial charge in [0.05, 0.1) is 4.47 Å². The van der Waals surface area contributed by atoms with E-state index in [0.717, 1.165) is 29.5 Å². The summed E-state index contributed by atoms with van der Waals surface area (Å²) in [5, 5.41) is 10.2. The number of halogens is 1. The van der Waals surface area contributed by atoms with Crippen LogP contribution in [0.2, 0.25) is 0 Å². The Morgan fingerprint density at radius 1 is 1.56 bits per heavy atom. The topological polar surface area (TPSA) is 71.3 Å². The number of pyridine rings is 1. The predicted molar refractivity (Wildman–Crippen MR) is 70.3 cm³/mol. The van der Waals surface area contributed by atoms with Crippen molar-refractivity contribution in [2.45, 2.75) is 18.9 Å². The van der Waals surface area contributed by atoms with Gasteiger partial charge in [-0.05, 0) is 40.9 Å². The normalized spacial score (nSPS) is 19.8. The van der Waals surface area contributed by atoms with E-state index in [1.807, 2.05) is 18.3 Å². The highest BCUT2D eigenvalue weighted by Gasteiger charge is 2.23. The van der Waals surface area contributed by atoms with Gasteiger partial charge in [-0.15, -0.1) is 5.10 Å². The van der Waals surface area contributed by atoms with Crippen molar-refractivity contribution in [3.8, 4) is 0 Å². The van der Waals surface area contributed by atoms with Gasteiger partial charge in [-0.2, -0.15) is 4.98 Å². The number of carbonyl (C=O) groups excluding carboxylic acids is 1.